The van der Waals surface area contributed by atoms with Crippen molar-refractivity contribution < 1.29 is 0 Å². The summed E-state index contributed by atoms with van der Waals surface area (Å²) in [7, 11) is 0. The van der Waals surface area contributed by atoms with E-state index in [0.29, 0.717) is 10.7 Å². The maximum Gasteiger partial charge on any atom is 0.0741 e. The molecule has 1 aromatic carbocycles. The largest absolute Gasteiger partial charge is 0.396 e. The molecule has 0 aliphatic carbocycles. The highest BCUT2D eigenvalue weighted by Gasteiger charge is 2.20. The number of para-hydroxylation sites is 1. The summed E-state index contributed by atoms with van der Waals surface area (Å²) in [6.07, 6.45) is 1.24. The van der Waals surface area contributed by atoms with Gasteiger partial charge in [-0.05, 0) is 24.5 Å². The van der Waals surface area contributed by atoms with E-state index in [1.165, 1.54) is 6.42 Å². The highest BCUT2D eigenvalue weighted by molar-refractivity contribution is 6.33. The lowest BCUT2D eigenvalue weighted by Crippen LogP contribution is -2.20. The van der Waals surface area contributed by atoms with E-state index in [-0.39, 0.29) is 0 Å². The molecule has 1 aliphatic heterocycles. The van der Waals surface area contributed by atoms with Crippen molar-refractivity contribution in [2.45, 2.75) is 13.3 Å². The zero-order valence-electron chi connectivity index (χ0n) is 8.33. The molecule has 2 rings (SSSR count). The third kappa shape index (κ3) is 1.67. The lowest BCUT2D eigenvalue weighted by Gasteiger charge is -2.20. The Morgan fingerprint density at radius 3 is 2.93 bits per heavy atom. The van der Waals surface area contributed by atoms with Gasteiger partial charge in [-0.3, -0.25) is 0 Å². The molecular weight excluding hydrogens is 196 g/mol. The molecular formula is C11H15ClN2. The minimum absolute atomic E-state index is 0.655. The number of halogens is 1. The quantitative estimate of drug-likeness (QED) is 0.723. The summed E-state index contributed by atoms with van der Waals surface area (Å²) >= 11 is 5.98. The van der Waals surface area contributed by atoms with Crippen LogP contribution in [0.4, 0.5) is 11.4 Å². The van der Waals surface area contributed by atoms with Crippen molar-refractivity contribution in [1.82, 2.24) is 0 Å². The second kappa shape index (κ2) is 3.70. The Kier molecular flexibility index (Phi) is 2.55. The Balaban J connectivity index is 2.28. The molecule has 0 saturated carbocycles. The fraction of sp³-hybridized carbons (Fsp3) is 0.455. The molecule has 0 aromatic heterocycles. The van der Waals surface area contributed by atoms with Gasteiger partial charge < -0.3 is 10.6 Å². The molecule has 2 N–H and O–H groups in total. The van der Waals surface area contributed by atoms with Crippen molar-refractivity contribution in [3.63, 3.8) is 0 Å². The lowest BCUT2D eigenvalue weighted by molar-refractivity contribution is 0.659. The molecule has 1 heterocycles. The summed E-state index contributed by atoms with van der Waals surface area (Å²) in [4.78, 5) is 2.31. The average molecular weight is 211 g/mol. The van der Waals surface area contributed by atoms with Crippen LogP contribution in [0.3, 0.4) is 0 Å². The van der Waals surface area contributed by atoms with Crippen LogP contribution in [-0.2, 0) is 0 Å². The van der Waals surface area contributed by atoms with E-state index in [9.17, 15) is 0 Å². The van der Waals surface area contributed by atoms with Crippen LogP contribution in [0.15, 0.2) is 18.2 Å². The Morgan fingerprint density at radius 1 is 1.50 bits per heavy atom. The van der Waals surface area contributed by atoms with Crippen LogP contribution in [-0.4, -0.2) is 13.1 Å². The molecule has 0 radical (unpaired) electrons. The van der Waals surface area contributed by atoms with E-state index in [0.717, 1.165) is 24.7 Å². The number of nitrogens with zero attached hydrogens (tertiary/aromatic N) is 1. The van der Waals surface area contributed by atoms with Crippen molar-refractivity contribution >= 4 is 23.0 Å². The molecule has 1 aliphatic rings. The highest BCUT2D eigenvalue weighted by atomic mass is 35.5. The monoisotopic (exact) mass is 210 g/mol. The molecule has 0 spiro atoms. The van der Waals surface area contributed by atoms with E-state index < -0.39 is 0 Å². The van der Waals surface area contributed by atoms with Crippen LogP contribution in [0.1, 0.15) is 13.3 Å². The topological polar surface area (TPSA) is 29.3 Å². The zero-order valence-corrected chi connectivity index (χ0v) is 9.09. The number of anilines is 2. The predicted octanol–water partition coefficient (Wildman–Crippen LogP) is 2.77. The SMILES string of the molecule is CC1CCN(c2cccc(Cl)c2N)C1. The van der Waals surface area contributed by atoms with Gasteiger partial charge in [0.2, 0.25) is 0 Å². The van der Waals surface area contributed by atoms with Crippen molar-refractivity contribution in [2.75, 3.05) is 23.7 Å². The molecule has 14 heavy (non-hydrogen) atoms. The van der Waals surface area contributed by atoms with E-state index in [2.05, 4.69) is 11.8 Å². The summed E-state index contributed by atoms with van der Waals surface area (Å²) in [5, 5.41) is 0.655. The lowest BCUT2D eigenvalue weighted by atomic mass is 10.2. The van der Waals surface area contributed by atoms with E-state index in [1.807, 2.05) is 18.2 Å². The number of rotatable bonds is 1. The van der Waals surface area contributed by atoms with Crippen LogP contribution >= 0.6 is 11.6 Å². The summed E-state index contributed by atoms with van der Waals surface area (Å²) in [6.45, 7) is 4.44. The normalized spacial score (nSPS) is 21.6. The van der Waals surface area contributed by atoms with Crippen LogP contribution in [0.5, 0.6) is 0 Å². The number of benzene rings is 1. The Labute approximate surface area is 89.7 Å². The summed E-state index contributed by atoms with van der Waals surface area (Å²) in [6, 6.07) is 5.83. The van der Waals surface area contributed by atoms with Crippen LogP contribution in [0, 0.1) is 5.92 Å². The first-order chi connectivity index (χ1) is 6.68. The van der Waals surface area contributed by atoms with E-state index in [4.69, 9.17) is 17.3 Å². The number of hydrogen-bond acceptors (Lipinski definition) is 2. The van der Waals surface area contributed by atoms with Crippen molar-refractivity contribution in [1.29, 1.82) is 0 Å². The first kappa shape index (κ1) is 9.66. The van der Waals surface area contributed by atoms with Crippen molar-refractivity contribution in [3.8, 4) is 0 Å². The number of hydrogen-bond donors (Lipinski definition) is 1. The van der Waals surface area contributed by atoms with Crippen LogP contribution in [0.25, 0.3) is 0 Å². The van der Waals surface area contributed by atoms with Gasteiger partial charge in [-0.15, -0.1) is 0 Å². The molecule has 1 unspecified atom stereocenters. The third-order valence-corrected chi connectivity index (χ3v) is 3.12. The summed E-state index contributed by atoms with van der Waals surface area (Å²) in [5.41, 5.74) is 7.73. The third-order valence-electron chi connectivity index (χ3n) is 2.79. The van der Waals surface area contributed by atoms with Crippen molar-refractivity contribution in [3.05, 3.63) is 23.2 Å². The molecule has 1 aromatic rings. The maximum atomic E-state index is 5.98. The second-order valence-corrected chi connectivity index (χ2v) is 4.42. The van der Waals surface area contributed by atoms with E-state index >= 15 is 0 Å². The van der Waals surface area contributed by atoms with Gasteiger partial charge in [-0.25, -0.2) is 0 Å². The second-order valence-electron chi connectivity index (χ2n) is 4.01. The fourth-order valence-corrected chi connectivity index (χ4v) is 2.12. The molecule has 3 heteroatoms. The Bertz CT molecular complexity index is 338. The molecule has 76 valence electrons. The predicted molar refractivity (Wildman–Crippen MR) is 61.9 cm³/mol. The molecule has 1 fully saturated rings. The minimum Gasteiger partial charge on any atom is -0.396 e. The van der Waals surface area contributed by atoms with E-state index in [1.54, 1.807) is 0 Å². The number of nitrogen functional groups attached to an aromatic ring is 1. The van der Waals surface area contributed by atoms with Gasteiger partial charge in [0.05, 0.1) is 16.4 Å². The Hall–Kier alpha value is -0.890. The number of nitrogens with two attached hydrogens (primary N) is 1. The molecule has 2 nitrogen and oxygen atoms in total. The van der Waals surface area contributed by atoms with Gasteiger partial charge in [0, 0.05) is 13.1 Å². The molecule has 1 atom stereocenters. The fourth-order valence-electron chi connectivity index (χ4n) is 1.96. The summed E-state index contributed by atoms with van der Waals surface area (Å²) < 4.78 is 0. The molecule has 0 amide bonds. The molecule has 1 saturated heterocycles. The van der Waals surface area contributed by atoms with Gasteiger partial charge >= 0.3 is 0 Å². The van der Waals surface area contributed by atoms with Gasteiger partial charge in [-0.2, -0.15) is 0 Å². The molecule has 0 bridgehead atoms. The van der Waals surface area contributed by atoms with Crippen LogP contribution in [0.2, 0.25) is 5.02 Å². The average Bonchev–Trinajstić information content (AvgIpc) is 2.57. The first-order valence-corrected chi connectivity index (χ1v) is 5.35. The smallest absolute Gasteiger partial charge is 0.0741 e. The maximum absolute atomic E-state index is 5.98. The van der Waals surface area contributed by atoms with Gasteiger partial charge in [0.25, 0.3) is 0 Å². The van der Waals surface area contributed by atoms with Gasteiger partial charge in [-0.1, -0.05) is 24.6 Å². The minimum atomic E-state index is 0.655. The van der Waals surface area contributed by atoms with Gasteiger partial charge in [0.1, 0.15) is 0 Å². The summed E-state index contributed by atoms with van der Waals surface area (Å²) in [5.74, 6) is 0.758. The standard InChI is InChI=1S/C11H15ClN2/c1-8-5-6-14(7-8)10-4-2-3-9(12)11(10)13/h2-4,8H,5-7,13H2,1H3. The zero-order chi connectivity index (χ0) is 10.1. The van der Waals surface area contributed by atoms with Crippen LogP contribution < -0.4 is 10.6 Å². The van der Waals surface area contributed by atoms with Crippen molar-refractivity contribution in [2.24, 2.45) is 5.92 Å². The van der Waals surface area contributed by atoms with Gasteiger partial charge in [0.15, 0.2) is 0 Å². The highest BCUT2D eigenvalue weighted by Crippen LogP contribution is 2.33. The Morgan fingerprint density at radius 2 is 2.29 bits per heavy atom. The first-order valence-electron chi connectivity index (χ1n) is 4.97.